The van der Waals surface area contributed by atoms with E-state index >= 15 is 0 Å². The lowest BCUT2D eigenvalue weighted by molar-refractivity contribution is 0.0905. The first kappa shape index (κ1) is 21.6. The molecule has 1 atom stereocenters. The van der Waals surface area contributed by atoms with Gasteiger partial charge < -0.3 is 9.73 Å². The van der Waals surface area contributed by atoms with E-state index in [2.05, 4.69) is 22.3 Å². The zero-order valence-corrected chi connectivity index (χ0v) is 18.4. The van der Waals surface area contributed by atoms with E-state index in [1.54, 1.807) is 0 Å². The van der Waals surface area contributed by atoms with Gasteiger partial charge in [-0.1, -0.05) is 41.9 Å². The Bertz CT molecular complexity index is 1140. The largest absolute Gasteiger partial charge is 0.439 e. The number of halogens is 1. The molecule has 1 saturated heterocycles. The summed E-state index contributed by atoms with van der Waals surface area (Å²) in [4.78, 5) is 15.1. The average Bonchev–Trinajstić information content (AvgIpc) is 3.48. The van der Waals surface area contributed by atoms with Gasteiger partial charge in [-0.15, -0.1) is 0 Å². The van der Waals surface area contributed by atoms with Gasteiger partial charge in [0.1, 0.15) is 0 Å². The van der Waals surface area contributed by atoms with Gasteiger partial charge in [-0.2, -0.15) is 0 Å². The van der Waals surface area contributed by atoms with E-state index < -0.39 is 15.7 Å². The van der Waals surface area contributed by atoms with Crippen LogP contribution in [-0.4, -0.2) is 38.9 Å². The second kappa shape index (κ2) is 9.26. The number of amides is 1. The topological polar surface area (TPSA) is 79.6 Å². The Hall–Kier alpha value is -2.61. The van der Waals surface area contributed by atoms with Gasteiger partial charge in [0.05, 0.1) is 10.9 Å². The number of hydrogen-bond donors (Lipinski definition) is 1. The van der Waals surface area contributed by atoms with Crippen LogP contribution >= 0.6 is 11.6 Å². The smallest absolute Gasteiger partial charge is 0.287 e. The molecule has 6 nitrogen and oxygen atoms in total. The van der Waals surface area contributed by atoms with E-state index in [1.807, 2.05) is 18.2 Å². The third kappa shape index (κ3) is 4.84. The highest BCUT2D eigenvalue weighted by Gasteiger charge is 2.26. The van der Waals surface area contributed by atoms with Gasteiger partial charge >= 0.3 is 0 Å². The number of carbonyl (C=O) groups excluding carboxylic acids is 1. The lowest BCUT2D eigenvalue weighted by Gasteiger charge is -2.28. The number of furan rings is 1. The van der Waals surface area contributed by atoms with Crippen LogP contribution in [0.5, 0.6) is 0 Å². The molecule has 8 heteroatoms. The molecule has 2 heterocycles. The number of carbonyl (C=O) groups is 1. The molecule has 0 aliphatic carbocycles. The molecule has 1 amide bonds. The zero-order valence-electron chi connectivity index (χ0n) is 16.8. The Morgan fingerprint density at radius 1 is 1.00 bits per heavy atom. The molecule has 1 aromatic heterocycles. The number of nitrogens with zero attached hydrogens (tertiary/aromatic N) is 1. The van der Waals surface area contributed by atoms with E-state index in [1.165, 1.54) is 36.4 Å². The van der Waals surface area contributed by atoms with Crippen LogP contribution in [0.3, 0.4) is 0 Å². The first-order valence-corrected chi connectivity index (χ1v) is 12.0. The Morgan fingerprint density at radius 3 is 2.35 bits per heavy atom. The summed E-state index contributed by atoms with van der Waals surface area (Å²) in [5.74, 6) is -0.488. The summed E-state index contributed by atoms with van der Waals surface area (Å²) in [7, 11) is -3.87. The van der Waals surface area contributed by atoms with Crippen LogP contribution in [-0.2, 0) is 9.84 Å². The van der Waals surface area contributed by atoms with Crippen molar-refractivity contribution in [2.24, 2.45) is 0 Å². The molecule has 0 saturated carbocycles. The third-order valence-corrected chi connectivity index (χ3v) is 7.31. The second-order valence-electron chi connectivity index (χ2n) is 7.46. The maximum atomic E-state index is 12.7. The van der Waals surface area contributed by atoms with Gasteiger partial charge in [-0.05, 0) is 67.9 Å². The highest BCUT2D eigenvalue weighted by molar-refractivity contribution is 7.91. The highest BCUT2D eigenvalue weighted by atomic mass is 35.5. The van der Waals surface area contributed by atoms with Crippen LogP contribution in [0.4, 0.5) is 0 Å². The molecule has 0 radical (unpaired) electrons. The number of sulfone groups is 1. The molecule has 1 unspecified atom stereocenters. The minimum Gasteiger partial charge on any atom is -0.439 e. The van der Waals surface area contributed by atoms with Crippen molar-refractivity contribution in [1.82, 2.24) is 10.2 Å². The fraction of sp³-hybridized carbons (Fsp3) is 0.261. The van der Waals surface area contributed by atoms with Crippen LogP contribution in [0, 0.1) is 0 Å². The molecule has 1 aliphatic heterocycles. The van der Waals surface area contributed by atoms with Gasteiger partial charge in [0.25, 0.3) is 5.91 Å². The number of nitrogens with one attached hydrogen (secondary N) is 1. The molecule has 31 heavy (non-hydrogen) atoms. The van der Waals surface area contributed by atoms with Gasteiger partial charge in [0.2, 0.25) is 14.9 Å². The monoisotopic (exact) mass is 458 g/mol. The molecule has 2 aromatic carbocycles. The summed E-state index contributed by atoms with van der Waals surface area (Å²) in [6, 6.07) is 18.6. The summed E-state index contributed by atoms with van der Waals surface area (Å²) >= 11 is 5.83. The van der Waals surface area contributed by atoms with Crippen molar-refractivity contribution in [2.45, 2.75) is 28.9 Å². The lowest BCUT2D eigenvalue weighted by Crippen LogP contribution is -2.36. The maximum absolute atomic E-state index is 12.7. The van der Waals surface area contributed by atoms with Crippen molar-refractivity contribution < 1.29 is 17.6 Å². The van der Waals surface area contributed by atoms with E-state index in [4.69, 9.17) is 16.0 Å². The first-order valence-electron chi connectivity index (χ1n) is 10.1. The molecule has 1 aliphatic rings. The van der Waals surface area contributed by atoms with Crippen molar-refractivity contribution in [3.8, 4) is 0 Å². The van der Waals surface area contributed by atoms with E-state index in [0.717, 1.165) is 31.5 Å². The molecule has 1 fully saturated rings. The predicted molar refractivity (Wildman–Crippen MR) is 118 cm³/mol. The van der Waals surface area contributed by atoms with Crippen LogP contribution < -0.4 is 5.32 Å². The van der Waals surface area contributed by atoms with Crippen LogP contribution in [0.25, 0.3) is 0 Å². The highest BCUT2D eigenvalue weighted by Crippen LogP contribution is 2.26. The Kier molecular flexibility index (Phi) is 6.46. The normalized spacial score (nSPS) is 15.6. The fourth-order valence-corrected chi connectivity index (χ4v) is 5.08. The fourth-order valence-electron chi connectivity index (χ4n) is 3.78. The molecule has 0 spiro atoms. The SMILES string of the molecule is O=C(NCC(c1ccccc1)N1CCCC1)c1ccc(S(=O)(=O)c2ccc(Cl)cc2)o1. The molecular weight excluding hydrogens is 436 g/mol. The van der Waals surface area contributed by atoms with Gasteiger partial charge in [0.15, 0.2) is 5.76 Å². The molecule has 162 valence electrons. The molecule has 0 bridgehead atoms. The van der Waals surface area contributed by atoms with E-state index in [0.29, 0.717) is 11.6 Å². The van der Waals surface area contributed by atoms with Crippen molar-refractivity contribution >= 4 is 27.3 Å². The van der Waals surface area contributed by atoms with Crippen LogP contribution in [0.15, 0.2) is 81.1 Å². The van der Waals surface area contributed by atoms with Crippen molar-refractivity contribution in [2.75, 3.05) is 19.6 Å². The quantitative estimate of drug-likeness (QED) is 0.570. The molecular formula is C23H23ClN2O4S. The minimum atomic E-state index is -3.87. The molecule has 3 aromatic rings. The third-order valence-electron chi connectivity index (χ3n) is 5.42. The van der Waals surface area contributed by atoms with E-state index in [9.17, 15) is 13.2 Å². The predicted octanol–water partition coefficient (Wildman–Crippen LogP) is 4.33. The average molecular weight is 459 g/mol. The summed E-state index contributed by atoms with van der Waals surface area (Å²) in [5.41, 5.74) is 1.13. The summed E-state index contributed by atoms with van der Waals surface area (Å²) in [6.45, 7) is 2.38. The maximum Gasteiger partial charge on any atom is 0.287 e. The lowest BCUT2D eigenvalue weighted by atomic mass is 10.1. The first-order chi connectivity index (χ1) is 14.9. The number of likely N-dealkylation sites (tertiary alicyclic amines) is 1. The molecule has 1 N–H and O–H groups in total. The number of hydrogen-bond acceptors (Lipinski definition) is 5. The standard InChI is InChI=1S/C23H23ClN2O4S/c24-18-8-10-19(11-9-18)31(28,29)22-13-12-21(30-22)23(27)25-16-20(26-14-4-5-15-26)17-6-2-1-3-7-17/h1-3,6-13,20H,4-5,14-16H2,(H,25,27). The van der Waals surface area contributed by atoms with Crippen molar-refractivity contribution in [3.05, 3.63) is 83.1 Å². The molecule has 4 rings (SSSR count). The Labute approximate surface area is 186 Å². The number of rotatable bonds is 7. The van der Waals surface area contributed by atoms with Crippen LogP contribution in [0.1, 0.15) is 35.0 Å². The van der Waals surface area contributed by atoms with Gasteiger partial charge in [0, 0.05) is 11.6 Å². The zero-order chi connectivity index (χ0) is 21.8. The van der Waals surface area contributed by atoms with Gasteiger partial charge in [-0.3, -0.25) is 9.69 Å². The van der Waals surface area contributed by atoms with Gasteiger partial charge in [-0.25, -0.2) is 8.42 Å². The summed E-state index contributed by atoms with van der Waals surface area (Å²) < 4.78 is 30.9. The number of benzene rings is 2. The second-order valence-corrected chi connectivity index (χ2v) is 9.77. The minimum absolute atomic E-state index is 0.0410. The van der Waals surface area contributed by atoms with Crippen LogP contribution in [0.2, 0.25) is 5.02 Å². The van der Waals surface area contributed by atoms with Crippen molar-refractivity contribution in [3.63, 3.8) is 0 Å². The Morgan fingerprint density at radius 2 is 1.68 bits per heavy atom. The summed E-state index contributed by atoms with van der Waals surface area (Å²) in [5, 5.41) is 3.06. The summed E-state index contributed by atoms with van der Waals surface area (Å²) in [6.07, 6.45) is 2.28. The van der Waals surface area contributed by atoms with E-state index in [-0.39, 0.29) is 21.8 Å². The van der Waals surface area contributed by atoms with Crippen molar-refractivity contribution in [1.29, 1.82) is 0 Å². The Balaban J connectivity index is 1.47.